The van der Waals surface area contributed by atoms with E-state index in [0.29, 0.717) is 13.1 Å². The molecule has 0 saturated heterocycles. The fraction of sp³-hybridized carbons (Fsp3) is 0.636. The Balaban J connectivity index is 2.14. The SMILES string of the molecule is CCc1nccn1CCNC(=O)NCCNS(C)(=O)=O. The predicted octanol–water partition coefficient (Wildman–Crippen LogP) is -0.706. The molecule has 0 fully saturated rings. The van der Waals surface area contributed by atoms with E-state index in [1.54, 1.807) is 6.20 Å². The van der Waals surface area contributed by atoms with Crippen molar-refractivity contribution in [3.8, 4) is 0 Å². The lowest BCUT2D eigenvalue weighted by Gasteiger charge is -2.09. The van der Waals surface area contributed by atoms with Crippen LogP contribution in [0.4, 0.5) is 4.79 Å². The van der Waals surface area contributed by atoms with Crippen molar-refractivity contribution in [3.63, 3.8) is 0 Å². The van der Waals surface area contributed by atoms with Crippen LogP contribution in [-0.4, -0.2) is 49.9 Å². The van der Waals surface area contributed by atoms with Crippen molar-refractivity contribution in [2.75, 3.05) is 25.9 Å². The molecule has 0 spiro atoms. The van der Waals surface area contributed by atoms with Gasteiger partial charge in [-0.3, -0.25) is 0 Å². The molecule has 1 aromatic rings. The van der Waals surface area contributed by atoms with Gasteiger partial charge in [0.05, 0.1) is 6.26 Å². The van der Waals surface area contributed by atoms with Crippen LogP contribution in [-0.2, 0) is 23.0 Å². The van der Waals surface area contributed by atoms with Gasteiger partial charge >= 0.3 is 6.03 Å². The van der Waals surface area contributed by atoms with Gasteiger partial charge in [-0.25, -0.2) is 22.9 Å². The van der Waals surface area contributed by atoms with E-state index in [1.165, 1.54) is 0 Å². The standard InChI is InChI=1S/C11H21N5O3S/c1-3-10-12-6-8-16(10)9-7-14-11(17)13-4-5-15-20(2,18)19/h6,8,15H,3-5,7,9H2,1-2H3,(H2,13,14,17). The van der Waals surface area contributed by atoms with E-state index in [4.69, 9.17) is 0 Å². The maximum Gasteiger partial charge on any atom is 0.314 e. The number of rotatable bonds is 8. The van der Waals surface area contributed by atoms with E-state index in [0.717, 1.165) is 18.5 Å². The van der Waals surface area contributed by atoms with Gasteiger partial charge in [0.25, 0.3) is 0 Å². The molecular weight excluding hydrogens is 282 g/mol. The highest BCUT2D eigenvalue weighted by molar-refractivity contribution is 7.88. The fourth-order valence-corrected chi connectivity index (χ4v) is 2.10. The number of sulfonamides is 1. The number of carbonyl (C=O) groups is 1. The lowest BCUT2D eigenvalue weighted by molar-refractivity contribution is 0.240. The summed E-state index contributed by atoms with van der Waals surface area (Å²) in [6, 6.07) is -0.321. The van der Waals surface area contributed by atoms with E-state index in [2.05, 4.69) is 20.3 Å². The Labute approximate surface area is 119 Å². The summed E-state index contributed by atoms with van der Waals surface area (Å²) in [5, 5.41) is 5.26. The third-order valence-corrected chi connectivity index (χ3v) is 3.26. The molecule has 0 aliphatic heterocycles. The van der Waals surface area contributed by atoms with Crippen molar-refractivity contribution in [3.05, 3.63) is 18.2 Å². The molecule has 0 radical (unpaired) electrons. The number of aromatic nitrogens is 2. The second kappa shape index (κ2) is 7.85. The van der Waals surface area contributed by atoms with E-state index >= 15 is 0 Å². The van der Waals surface area contributed by atoms with Gasteiger partial charge in [-0.2, -0.15) is 0 Å². The van der Waals surface area contributed by atoms with Crippen LogP contribution >= 0.6 is 0 Å². The second-order valence-electron chi connectivity index (χ2n) is 4.24. The third-order valence-electron chi connectivity index (χ3n) is 2.53. The first-order valence-corrected chi connectivity index (χ1v) is 8.28. The summed E-state index contributed by atoms with van der Waals surface area (Å²) < 4.78 is 25.8. The number of carbonyl (C=O) groups excluding carboxylic acids is 1. The predicted molar refractivity (Wildman–Crippen MR) is 75.9 cm³/mol. The Kier molecular flexibility index (Phi) is 6.46. The van der Waals surface area contributed by atoms with Gasteiger partial charge in [-0.1, -0.05) is 6.92 Å². The zero-order valence-corrected chi connectivity index (χ0v) is 12.5. The topological polar surface area (TPSA) is 105 Å². The number of urea groups is 1. The summed E-state index contributed by atoms with van der Waals surface area (Å²) in [5.41, 5.74) is 0. The summed E-state index contributed by atoms with van der Waals surface area (Å²) in [6.07, 6.45) is 5.52. The smallest absolute Gasteiger partial charge is 0.314 e. The lowest BCUT2D eigenvalue weighted by atomic mass is 10.4. The molecule has 20 heavy (non-hydrogen) atoms. The minimum absolute atomic E-state index is 0.174. The van der Waals surface area contributed by atoms with Crippen LogP contribution in [0.1, 0.15) is 12.7 Å². The molecule has 2 amide bonds. The summed E-state index contributed by atoms with van der Waals surface area (Å²) >= 11 is 0. The van der Waals surface area contributed by atoms with Gasteiger partial charge in [-0.15, -0.1) is 0 Å². The van der Waals surface area contributed by atoms with Gasteiger partial charge in [0.1, 0.15) is 5.82 Å². The van der Waals surface area contributed by atoms with Crippen LogP contribution < -0.4 is 15.4 Å². The Hall–Kier alpha value is -1.61. The maximum atomic E-state index is 11.4. The molecule has 1 aromatic heterocycles. The number of nitrogens with one attached hydrogen (secondary N) is 3. The molecule has 0 unspecified atom stereocenters. The van der Waals surface area contributed by atoms with Crippen LogP contribution in [0.5, 0.6) is 0 Å². The van der Waals surface area contributed by atoms with Crippen LogP contribution in [0.15, 0.2) is 12.4 Å². The fourth-order valence-electron chi connectivity index (χ4n) is 1.62. The Bertz CT molecular complexity index is 526. The minimum atomic E-state index is -3.21. The largest absolute Gasteiger partial charge is 0.337 e. The number of hydrogen-bond acceptors (Lipinski definition) is 4. The average Bonchev–Trinajstić information content (AvgIpc) is 2.81. The van der Waals surface area contributed by atoms with Crippen molar-refractivity contribution >= 4 is 16.1 Å². The van der Waals surface area contributed by atoms with E-state index < -0.39 is 10.0 Å². The normalized spacial score (nSPS) is 11.3. The van der Waals surface area contributed by atoms with E-state index in [1.807, 2.05) is 17.7 Å². The lowest BCUT2D eigenvalue weighted by Crippen LogP contribution is -2.41. The van der Waals surface area contributed by atoms with Gasteiger partial charge in [0.2, 0.25) is 10.0 Å². The highest BCUT2D eigenvalue weighted by Gasteiger charge is 2.03. The molecule has 9 heteroatoms. The van der Waals surface area contributed by atoms with Crippen molar-refractivity contribution in [1.82, 2.24) is 24.9 Å². The van der Waals surface area contributed by atoms with Crippen molar-refractivity contribution in [2.45, 2.75) is 19.9 Å². The molecular formula is C11H21N5O3S. The zero-order chi connectivity index (χ0) is 15.0. The van der Waals surface area contributed by atoms with Crippen LogP contribution in [0.25, 0.3) is 0 Å². The highest BCUT2D eigenvalue weighted by Crippen LogP contribution is 1.97. The average molecular weight is 303 g/mol. The first kappa shape index (κ1) is 16.4. The number of imidazole rings is 1. The Morgan fingerprint density at radius 2 is 2.00 bits per heavy atom. The molecule has 1 heterocycles. The van der Waals surface area contributed by atoms with Crippen LogP contribution in [0.2, 0.25) is 0 Å². The summed E-state index contributed by atoms with van der Waals surface area (Å²) in [5.74, 6) is 0.976. The first-order chi connectivity index (χ1) is 9.42. The number of aryl methyl sites for hydroxylation is 1. The molecule has 0 aliphatic carbocycles. The van der Waals surface area contributed by atoms with Crippen LogP contribution in [0.3, 0.4) is 0 Å². The minimum Gasteiger partial charge on any atom is -0.337 e. The molecule has 0 aromatic carbocycles. The zero-order valence-electron chi connectivity index (χ0n) is 11.7. The van der Waals surface area contributed by atoms with Crippen molar-refractivity contribution < 1.29 is 13.2 Å². The van der Waals surface area contributed by atoms with Gasteiger partial charge in [-0.05, 0) is 0 Å². The van der Waals surface area contributed by atoms with E-state index in [-0.39, 0.29) is 19.1 Å². The van der Waals surface area contributed by atoms with Crippen molar-refractivity contribution in [2.24, 2.45) is 0 Å². The quantitative estimate of drug-likeness (QED) is 0.552. The van der Waals surface area contributed by atoms with Crippen LogP contribution in [0, 0.1) is 0 Å². The molecule has 0 atom stereocenters. The number of nitrogens with zero attached hydrogens (tertiary/aromatic N) is 2. The molecule has 0 aliphatic rings. The molecule has 8 nitrogen and oxygen atoms in total. The van der Waals surface area contributed by atoms with Gasteiger partial charge in [0.15, 0.2) is 0 Å². The number of amides is 2. The monoisotopic (exact) mass is 303 g/mol. The molecule has 114 valence electrons. The van der Waals surface area contributed by atoms with Crippen molar-refractivity contribution in [1.29, 1.82) is 0 Å². The Morgan fingerprint density at radius 1 is 1.30 bits per heavy atom. The van der Waals surface area contributed by atoms with E-state index in [9.17, 15) is 13.2 Å². The molecule has 1 rings (SSSR count). The molecule has 3 N–H and O–H groups in total. The summed E-state index contributed by atoms with van der Waals surface area (Å²) in [7, 11) is -3.21. The summed E-state index contributed by atoms with van der Waals surface area (Å²) in [6.45, 7) is 3.57. The van der Waals surface area contributed by atoms with Gasteiger partial charge in [0, 0.05) is 45.0 Å². The Morgan fingerprint density at radius 3 is 2.65 bits per heavy atom. The maximum absolute atomic E-state index is 11.4. The van der Waals surface area contributed by atoms with Gasteiger partial charge < -0.3 is 15.2 Å². The first-order valence-electron chi connectivity index (χ1n) is 6.38. The third kappa shape index (κ3) is 6.53. The molecule has 0 saturated carbocycles. The second-order valence-corrected chi connectivity index (χ2v) is 6.07. The summed E-state index contributed by atoms with van der Waals surface area (Å²) in [4.78, 5) is 15.6. The highest BCUT2D eigenvalue weighted by atomic mass is 32.2. The number of hydrogen-bond donors (Lipinski definition) is 3. The molecule has 0 bridgehead atoms.